The van der Waals surface area contributed by atoms with Crippen molar-refractivity contribution >= 4 is 29.0 Å². The molecule has 1 heterocycles. The number of ketones is 1. The van der Waals surface area contributed by atoms with Crippen LogP contribution in [0, 0.1) is 5.92 Å². The van der Waals surface area contributed by atoms with E-state index in [9.17, 15) is 4.79 Å². The van der Waals surface area contributed by atoms with Crippen LogP contribution < -0.4 is 0 Å². The Morgan fingerprint density at radius 3 is 2.38 bits per heavy atom. The second kappa shape index (κ2) is 3.41. The van der Waals surface area contributed by atoms with Crippen molar-refractivity contribution in [1.82, 2.24) is 4.90 Å². The third-order valence-corrected chi connectivity index (χ3v) is 3.77. The number of halogens is 2. The van der Waals surface area contributed by atoms with Gasteiger partial charge >= 0.3 is 0 Å². The minimum Gasteiger partial charge on any atom is -0.302 e. The van der Waals surface area contributed by atoms with Gasteiger partial charge in [0.1, 0.15) is 10.1 Å². The summed E-state index contributed by atoms with van der Waals surface area (Å²) in [5.41, 5.74) is 0. The largest absolute Gasteiger partial charge is 0.302 e. The van der Waals surface area contributed by atoms with E-state index in [2.05, 4.69) is 4.90 Å². The number of hydrogen-bond donors (Lipinski definition) is 0. The molecule has 2 aliphatic rings. The van der Waals surface area contributed by atoms with Crippen molar-refractivity contribution in [3.8, 4) is 0 Å². The van der Waals surface area contributed by atoms with E-state index >= 15 is 0 Å². The van der Waals surface area contributed by atoms with Gasteiger partial charge in [0.2, 0.25) is 0 Å². The van der Waals surface area contributed by atoms with Gasteiger partial charge in [0.15, 0.2) is 0 Å². The molecule has 0 N–H and O–H groups in total. The quantitative estimate of drug-likeness (QED) is 0.664. The van der Waals surface area contributed by atoms with Crippen LogP contribution in [-0.2, 0) is 4.79 Å². The summed E-state index contributed by atoms with van der Waals surface area (Å²) in [6.07, 6.45) is 2.30. The lowest BCUT2D eigenvalue weighted by atomic mass is 10.1. The van der Waals surface area contributed by atoms with Crippen LogP contribution in [0.3, 0.4) is 0 Å². The maximum Gasteiger partial charge on any atom is 0.135 e. The number of likely N-dealkylation sites (tertiary alicyclic amines) is 1. The van der Waals surface area contributed by atoms with E-state index in [0.29, 0.717) is 24.5 Å². The first-order valence-electron chi connectivity index (χ1n) is 4.70. The zero-order valence-corrected chi connectivity index (χ0v) is 8.94. The number of carbonyl (C=O) groups is 1. The summed E-state index contributed by atoms with van der Waals surface area (Å²) in [6.45, 7) is 2.73. The highest BCUT2D eigenvalue weighted by Crippen LogP contribution is 2.53. The van der Waals surface area contributed by atoms with Crippen molar-refractivity contribution in [3.05, 3.63) is 0 Å². The minimum absolute atomic E-state index is 0.384. The van der Waals surface area contributed by atoms with Crippen molar-refractivity contribution in [1.29, 1.82) is 0 Å². The standard InChI is InChI=1S/C9H13Cl2NO/c10-9(11)5-7(9)6-12-3-1-8(13)2-4-12/h7H,1-6H2. The molecule has 1 atom stereocenters. The Morgan fingerprint density at radius 2 is 1.92 bits per heavy atom. The molecule has 1 saturated carbocycles. The summed E-state index contributed by atoms with van der Waals surface area (Å²) in [5, 5.41) is 0. The van der Waals surface area contributed by atoms with Crippen molar-refractivity contribution in [3.63, 3.8) is 0 Å². The number of rotatable bonds is 2. The third kappa shape index (κ3) is 2.36. The maximum atomic E-state index is 11.0. The van der Waals surface area contributed by atoms with Crippen molar-refractivity contribution < 1.29 is 4.79 Å². The Bertz CT molecular complexity index is 220. The van der Waals surface area contributed by atoms with Gasteiger partial charge in [0.05, 0.1) is 0 Å². The summed E-state index contributed by atoms with van der Waals surface area (Å²) in [6, 6.07) is 0. The van der Waals surface area contributed by atoms with Gasteiger partial charge < -0.3 is 4.90 Å². The summed E-state index contributed by atoms with van der Waals surface area (Å²) < 4.78 is -0.471. The molecule has 13 heavy (non-hydrogen) atoms. The molecule has 2 rings (SSSR count). The SMILES string of the molecule is O=C1CCN(CC2CC2(Cl)Cl)CC1. The van der Waals surface area contributed by atoms with Crippen LogP contribution in [0.25, 0.3) is 0 Å². The summed E-state index contributed by atoms with van der Waals surface area (Å²) >= 11 is 11.9. The van der Waals surface area contributed by atoms with Gasteiger partial charge in [-0.2, -0.15) is 0 Å². The van der Waals surface area contributed by atoms with E-state index in [-0.39, 0.29) is 0 Å². The lowest BCUT2D eigenvalue weighted by Gasteiger charge is -2.25. The molecule has 74 valence electrons. The number of hydrogen-bond acceptors (Lipinski definition) is 2. The molecule has 2 nitrogen and oxygen atoms in total. The Labute approximate surface area is 88.2 Å². The molecule has 1 aliphatic heterocycles. The van der Waals surface area contributed by atoms with Gasteiger partial charge in [-0.3, -0.25) is 4.79 Å². The highest BCUT2D eigenvalue weighted by Gasteiger charge is 2.51. The first-order chi connectivity index (χ1) is 6.08. The smallest absolute Gasteiger partial charge is 0.135 e. The lowest BCUT2D eigenvalue weighted by molar-refractivity contribution is -0.121. The molecule has 0 bridgehead atoms. The predicted molar refractivity (Wildman–Crippen MR) is 53.2 cm³/mol. The monoisotopic (exact) mass is 221 g/mol. The number of nitrogens with zero attached hydrogens (tertiary/aromatic N) is 1. The molecule has 1 aliphatic carbocycles. The van der Waals surface area contributed by atoms with E-state index in [0.717, 1.165) is 26.1 Å². The molecular formula is C9H13Cl2NO. The van der Waals surface area contributed by atoms with Crippen LogP contribution in [-0.4, -0.2) is 34.7 Å². The van der Waals surface area contributed by atoms with Crippen molar-refractivity contribution in [2.75, 3.05) is 19.6 Å². The fourth-order valence-electron chi connectivity index (χ4n) is 1.76. The molecule has 2 fully saturated rings. The molecule has 0 aromatic rings. The van der Waals surface area contributed by atoms with Crippen molar-refractivity contribution in [2.24, 2.45) is 5.92 Å². The molecule has 0 amide bonds. The molecule has 0 spiro atoms. The van der Waals surface area contributed by atoms with Crippen LogP contribution in [0.1, 0.15) is 19.3 Å². The van der Waals surface area contributed by atoms with Gasteiger partial charge in [0.25, 0.3) is 0 Å². The van der Waals surface area contributed by atoms with Crippen LogP contribution in [0.5, 0.6) is 0 Å². The van der Waals surface area contributed by atoms with Gasteiger partial charge in [-0.1, -0.05) is 0 Å². The van der Waals surface area contributed by atoms with Crippen LogP contribution in [0.15, 0.2) is 0 Å². The van der Waals surface area contributed by atoms with Crippen LogP contribution >= 0.6 is 23.2 Å². The lowest BCUT2D eigenvalue weighted by Crippen LogP contribution is -2.35. The molecular weight excluding hydrogens is 209 g/mol. The van der Waals surface area contributed by atoms with Gasteiger partial charge in [-0.25, -0.2) is 0 Å². The number of carbonyl (C=O) groups excluding carboxylic acids is 1. The van der Waals surface area contributed by atoms with E-state index in [1.165, 1.54) is 0 Å². The Morgan fingerprint density at radius 1 is 1.38 bits per heavy atom. The molecule has 0 radical (unpaired) electrons. The first kappa shape index (κ1) is 9.75. The van der Waals surface area contributed by atoms with Crippen LogP contribution in [0.2, 0.25) is 0 Å². The Hall–Kier alpha value is 0.210. The fourth-order valence-corrected chi connectivity index (χ4v) is 2.27. The molecule has 4 heteroatoms. The Balaban J connectivity index is 1.75. The molecule has 0 aromatic carbocycles. The van der Waals surface area contributed by atoms with E-state index in [1.54, 1.807) is 0 Å². The topological polar surface area (TPSA) is 20.3 Å². The normalized spacial score (nSPS) is 33.4. The first-order valence-corrected chi connectivity index (χ1v) is 5.45. The zero-order chi connectivity index (χ0) is 9.47. The van der Waals surface area contributed by atoms with Gasteiger partial charge in [-0.15, -0.1) is 23.2 Å². The van der Waals surface area contributed by atoms with Crippen LogP contribution in [0.4, 0.5) is 0 Å². The van der Waals surface area contributed by atoms with E-state index in [1.807, 2.05) is 0 Å². The number of Topliss-reactive ketones (excluding diaryl/α,β-unsaturated/α-hetero) is 1. The minimum atomic E-state index is -0.471. The Kier molecular flexibility index (Phi) is 2.56. The van der Waals surface area contributed by atoms with E-state index < -0.39 is 4.33 Å². The average Bonchev–Trinajstić information content (AvgIpc) is 2.64. The second-order valence-corrected chi connectivity index (χ2v) is 5.54. The van der Waals surface area contributed by atoms with Gasteiger partial charge in [0, 0.05) is 38.4 Å². The highest BCUT2D eigenvalue weighted by atomic mass is 35.5. The zero-order valence-electron chi connectivity index (χ0n) is 7.43. The molecule has 1 unspecified atom stereocenters. The summed E-state index contributed by atoms with van der Waals surface area (Å²) in [4.78, 5) is 13.2. The predicted octanol–water partition coefficient (Wildman–Crippen LogP) is 1.85. The number of alkyl halides is 2. The highest BCUT2D eigenvalue weighted by molar-refractivity contribution is 6.50. The van der Waals surface area contributed by atoms with Crippen molar-refractivity contribution in [2.45, 2.75) is 23.6 Å². The maximum absolute atomic E-state index is 11.0. The summed E-state index contributed by atoms with van der Waals surface area (Å²) in [5.74, 6) is 0.805. The molecule has 0 aromatic heterocycles. The van der Waals surface area contributed by atoms with Gasteiger partial charge in [-0.05, 0) is 6.42 Å². The summed E-state index contributed by atoms with van der Waals surface area (Å²) in [7, 11) is 0. The molecule has 1 saturated heterocycles. The van der Waals surface area contributed by atoms with E-state index in [4.69, 9.17) is 23.2 Å². The second-order valence-electron chi connectivity index (χ2n) is 4.00. The average molecular weight is 222 g/mol. The fraction of sp³-hybridized carbons (Fsp3) is 0.889. The third-order valence-electron chi connectivity index (χ3n) is 2.85. The number of piperidine rings is 1.